The van der Waals surface area contributed by atoms with E-state index < -0.39 is 5.76 Å². The lowest BCUT2D eigenvalue weighted by Crippen LogP contribution is -2.45. The number of aromatic nitrogens is 1. The molecule has 0 spiro atoms. The van der Waals surface area contributed by atoms with Gasteiger partial charge in [0.05, 0.1) is 5.22 Å². The third-order valence-corrected chi connectivity index (χ3v) is 1.77. The summed E-state index contributed by atoms with van der Waals surface area (Å²) in [6.07, 6.45) is 5.17. The van der Waals surface area contributed by atoms with Crippen molar-refractivity contribution >= 4 is 12.2 Å². The van der Waals surface area contributed by atoms with Crippen molar-refractivity contribution in [2.24, 2.45) is 0 Å². The van der Waals surface area contributed by atoms with Gasteiger partial charge in [-0.25, -0.2) is 4.79 Å². The van der Waals surface area contributed by atoms with Gasteiger partial charge in [0.15, 0.2) is 0 Å². The van der Waals surface area contributed by atoms with Gasteiger partial charge in [0.2, 0.25) is 0 Å². The summed E-state index contributed by atoms with van der Waals surface area (Å²) in [7, 11) is 0. The molecule has 0 atom stereocenters. The lowest BCUT2D eigenvalue weighted by molar-refractivity contribution is 0.441. The fourth-order valence-electron chi connectivity index (χ4n) is 1.24. The maximum Gasteiger partial charge on any atom is 0.419 e. The van der Waals surface area contributed by atoms with E-state index in [1.165, 1.54) is 0 Å². The summed E-state index contributed by atoms with van der Waals surface area (Å²) in [6.45, 7) is 0. The molecule has 1 N–H and O–H groups in total. The Bertz CT molecular complexity index is 520. The number of hydrogen-bond acceptors (Lipinski definition) is 3. The molecule has 0 saturated heterocycles. The summed E-state index contributed by atoms with van der Waals surface area (Å²) in [5, 5.41) is 0.473. The van der Waals surface area contributed by atoms with Gasteiger partial charge >= 0.3 is 5.76 Å². The topological polar surface area (TPSA) is 63.1 Å². The van der Waals surface area contributed by atoms with Crippen LogP contribution in [0.2, 0.25) is 0 Å². The average molecular weight is 165 g/mol. The second-order valence-corrected chi connectivity index (χ2v) is 2.61. The van der Waals surface area contributed by atoms with Crippen molar-refractivity contribution < 1.29 is 4.42 Å². The summed E-state index contributed by atoms with van der Waals surface area (Å²) in [4.78, 5) is 23.9. The van der Waals surface area contributed by atoms with Crippen LogP contribution < -0.4 is 21.9 Å². The largest absolute Gasteiger partial charge is 0.419 e. The number of aromatic amines is 1. The molecular weight excluding hydrogens is 158 g/mol. The quantitative estimate of drug-likeness (QED) is 0.518. The van der Waals surface area contributed by atoms with Crippen LogP contribution in [0.1, 0.15) is 12.8 Å². The SMILES string of the molecule is O=c1[nH]c(=O)c2c(o1)=CCCC=2. The zero-order valence-electron chi connectivity index (χ0n) is 6.29. The zero-order valence-corrected chi connectivity index (χ0v) is 6.29. The standard InChI is InChI=1S/C8H7NO3/c10-7-5-3-1-2-4-6(5)12-8(11)9-7/h3-4H,1-2H2,(H,9,10,11). The Kier molecular flexibility index (Phi) is 1.46. The third kappa shape index (κ3) is 1.01. The maximum atomic E-state index is 11.1. The predicted molar refractivity (Wildman–Crippen MR) is 43.0 cm³/mol. The highest BCUT2D eigenvalue weighted by atomic mass is 16.4. The van der Waals surface area contributed by atoms with E-state index in [2.05, 4.69) is 4.98 Å². The molecule has 0 amide bonds. The zero-order chi connectivity index (χ0) is 8.55. The summed E-state index contributed by atoms with van der Waals surface area (Å²) in [5.74, 6) is -0.690. The van der Waals surface area contributed by atoms with Crippen molar-refractivity contribution in [3.8, 4) is 0 Å². The second kappa shape index (κ2) is 2.48. The monoisotopic (exact) mass is 165 g/mol. The fraction of sp³-hybridized carbons (Fsp3) is 0.250. The summed E-state index contributed by atoms with van der Waals surface area (Å²) in [6, 6.07) is 0. The first kappa shape index (κ1) is 7.09. The van der Waals surface area contributed by atoms with E-state index in [0.29, 0.717) is 10.6 Å². The first-order chi connectivity index (χ1) is 5.77. The first-order valence-corrected chi connectivity index (χ1v) is 3.71. The molecule has 1 aromatic rings. The Morgan fingerprint density at radius 1 is 1.25 bits per heavy atom. The molecule has 0 bridgehead atoms. The van der Waals surface area contributed by atoms with Gasteiger partial charge in [0.25, 0.3) is 5.56 Å². The van der Waals surface area contributed by atoms with Gasteiger partial charge < -0.3 is 4.42 Å². The molecule has 12 heavy (non-hydrogen) atoms. The molecule has 4 heteroatoms. The van der Waals surface area contributed by atoms with Crippen LogP contribution in [-0.4, -0.2) is 4.98 Å². The van der Waals surface area contributed by atoms with E-state index in [9.17, 15) is 9.59 Å². The van der Waals surface area contributed by atoms with E-state index in [0.717, 1.165) is 12.8 Å². The Hall–Kier alpha value is -1.58. The fourth-order valence-corrected chi connectivity index (χ4v) is 1.24. The van der Waals surface area contributed by atoms with E-state index >= 15 is 0 Å². The van der Waals surface area contributed by atoms with Crippen molar-refractivity contribution in [1.82, 2.24) is 4.98 Å². The highest BCUT2D eigenvalue weighted by Crippen LogP contribution is 1.91. The van der Waals surface area contributed by atoms with Gasteiger partial charge in [0, 0.05) is 0 Å². The van der Waals surface area contributed by atoms with Crippen molar-refractivity contribution in [3.05, 3.63) is 31.5 Å². The number of H-pyrrole nitrogens is 1. The minimum atomic E-state index is -0.690. The van der Waals surface area contributed by atoms with Gasteiger partial charge in [0.1, 0.15) is 5.42 Å². The first-order valence-electron chi connectivity index (χ1n) is 3.71. The van der Waals surface area contributed by atoms with Crippen LogP contribution in [0, 0.1) is 0 Å². The van der Waals surface area contributed by atoms with Crippen LogP contribution in [0.5, 0.6) is 0 Å². The van der Waals surface area contributed by atoms with Gasteiger partial charge in [-0.2, -0.15) is 0 Å². The van der Waals surface area contributed by atoms with Crippen molar-refractivity contribution in [3.63, 3.8) is 0 Å². The van der Waals surface area contributed by atoms with E-state index in [-0.39, 0.29) is 5.56 Å². The molecule has 0 fully saturated rings. The maximum absolute atomic E-state index is 11.1. The Balaban J connectivity index is 3.07. The van der Waals surface area contributed by atoms with Crippen molar-refractivity contribution in [1.29, 1.82) is 0 Å². The Morgan fingerprint density at radius 3 is 2.83 bits per heavy atom. The molecule has 1 aliphatic rings. The molecular formula is C8H7NO3. The number of rotatable bonds is 0. The summed E-state index contributed by atoms with van der Waals surface area (Å²) >= 11 is 0. The normalized spacial score (nSPS) is 14.3. The van der Waals surface area contributed by atoms with E-state index in [1.54, 1.807) is 12.2 Å². The van der Waals surface area contributed by atoms with Crippen molar-refractivity contribution in [2.45, 2.75) is 12.8 Å². The molecule has 0 radical (unpaired) electrons. The van der Waals surface area contributed by atoms with Crippen LogP contribution in [0.25, 0.3) is 12.2 Å². The van der Waals surface area contributed by atoms with E-state index in [1.807, 2.05) is 0 Å². The smallest absolute Gasteiger partial charge is 0.410 e. The van der Waals surface area contributed by atoms with Crippen LogP contribution >= 0.6 is 0 Å². The highest BCUT2D eigenvalue weighted by Gasteiger charge is 1.99. The molecule has 62 valence electrons. The summed E-state index contributed by atoms with van der Waals surface area (Å²) in [5.41, 5.74) is 0.0344. The molecule has 1 aliphatic carbocycles. The van der Waals surface area contributed by atoms with Gasteiger partial charge in [-0.3, -0.25) is 9.78 Å². The Morgan fingerprint density at radius 2 is 2.00 bits per heavy atom. The van der Waals surface area contributed by atoms with Crippen LogP contribution in [0.4, 0.5) is 0 Å². The lowest BCUT2D eigenvalue weighted by atomic mass is 10.2. The molecule has 0 aliphatic heterocycles. The van der Waals surface area contributed by atoms with Crippen LogP contribution in [0.3, 0.4) is 0 Å². The second-order valence-electron chi connectivity index (χ2n) is 2.61. The van der Waals surface area contributed by atoms with E-state index in [4.69, 9.17) is 4.42 Å². The minimum Gasteiger partial charge on any atom is -0.410 e. The van der Waals surface area contributed by atoms with Crippen molar-refractivity contribution in [2.75, 3.05) is 0 Å². The van der Waals surface area contributed by atoms with Gasteiger partial charge in [-0.05, 0) is 18.9 Å². The van der Waals surface area contributed by atoms with Gasteiger partial charge in [-0.15, -0.1) is 0 Å². The highest BCUT2D eigenvalue weighted by molar-refractivity contribution is 5.33. The summed E-state index contributed by atoms with van der Waals surface area (Å²) < 4.78 is 4.78. The molecule has 1 heterocycles. The van der Waals surface area contributed by atoms with Crippen LogP contribution in [0.15, 0.2) is 14.0 Å². The third-order valence-electron chi connectivity index (χ3n) is 1.77. The van der Waals surface area contributed by atoms with Crippen LogP contribution in [-0.2, 0) is 0 Å². The predicted octanol–water partition coefficient (Wildman–Crippen LogP) is -1.32. The molecule has 0 aromatic carbocycles. The number of hydrogen-bond donors (Lipinski definition) is 1. The molecule has 1 aromatic heterocycles. The molecule has 0 saturated carbocycles. The Labute approximate surface area is 66.9 Å². The number of fused-ring (bicyclic) bond motifs is 1. The number of nitrogens with one attached hydrogen (secondary N) is 1. The average Bonchev–Trinajstić information content (AvgIpc) is 2.04. The minimum absolute atomic E-state index is 0.364. The lowest BCUT2D eigenvalue weighted by Gasteiger charge is -1.95. The molecule has 0 unspecified atom stereocenters. The molecule has 2 rings (SSSR count). The van der Waals surface area contributed by atoms with Gasteiger partial charge in [-0.1, -0.05) is 6.08 Å². The molecule has 4 nitrogen and oxygen atoms in total.